The first kappa shape index (κ1) is 15.7. The van der Waals surface area contributed by atoms with Crippen LogP contribution < -0.4 is 4.90 Å². The molecule has 0 saturated carbocycles. The molecule has 0 N–H and O–H groups in total. The first-order valence-electron chi connectivity index (χ1n) is 7.41. The van der Waals surface area contributed by atoms with Crippen molar-refractivity contribution in [2.24, 2.45) is 0 Å². The lowest BCUT2D eigenvalue weighted by atomic mass is 10.2. The van der Waals surface area contributed by atoms with Crippen LogP contribution in [0, 0.1) is 6.92 Å². The lowest BCUT2D eigenvalue weighted by Gasteiger charge is -2.21. The van der Waals surface area contributed by atoms with Crippen molar-refractivity contribution < 1.29 is 17.7 Å². The zero-order valence-electron chi connectivity index (χ0n) is 13.0. The monoisotopic (exact) mass is 334 g/mol. The molecule has 0 aliphatic carbocycles. The summed E-state index contributed by atoms with van der Waals surface area (Å²) >= 11 is 0. The number of sulfone groups is 1. The standard InChI is InChI=1S/C16H18N2O4S/c1-11-9-14(17-22-11)10-23(20,21)12(2)16(19)18-8-7-13-5-3-4-6-15(13)18/h3-6,9,12H,7-8,10H2,1-2H3/t12-/m1/s1. The van der Waals surface area contributed by atoms with Gasteiger partial charge in [0.05, 0.1) is 11.4 Å². The van der Waals surface area contributed by atoms with Crippen molar-refractivity contribution in [1.29, 1.82) is 0 Å². The van der Waals surface area contributed by atoms with Gasteiger partial charge in [-0.1, -0.05) is 23.4 Å². The van der Waals surface area contributed by atoms with Gasteiger partial charge < -0.3 is 9.42 Å². The predicted molar refractivity (Wildman–Crippen MR) is 85.8 cm³/mol. The molecular formula is C16H18N2O4S. The summed E-state index contributed by atoms with van der Waals surface area (Å²) in [5.41, 5.74) is 2.19. The van der Waals surface area contributed by atoms with Gasteiger partial charge in [-0.05, 0) is 31.9 Å². The molecular weight excluding hydrogens is 316 g/mol. The van der Waals surface area contributed by atoms with E-state index in [1.54, 1.807) is 17.9 Å². The number of hydrogen-bond acceptors (Lipinski definition) is 5. The van der Waals surface area contributed by atoms with Gasteiger partial charge >= 0.3 is 0 Å². The number of fused-ring (bicyclic) bond motifs is 1. The number of hydrogen-bond donors (Lipinski definition) is 0. The molecule has 1 aromatic heterocycles. The van der Waals surface area contributed by atoms with E-state index in [0.717, 1.165) is 17.7 Å². The number of aromatic nitrogens is 1. The molecule has 0 unspecified atom stereocenters. The largest absolute Gasteiger partial charge is 0.361 e. The highest BCUT2D eigenvalue weighted by Gasteiger charge is 2.35. The Morgan fingerprint density at radius 1 is 1.39 bits per heavy atom. The van der Waals surface area contributed by atoms with E-state index in [1.807, 2.05) is 24.3 Å². The van der Waals surface area contributed by atoms with Crippen LogP contribution in [0.15, 0.2) is 34.9 Å². The quantitative estimate of drug-likeness (QED) is 0.853. The second-order valence-corrected chi connectivity index (χ2v) is 8.07. The zero-order valence-corrected chi connectivity index (χ0v) is 13.8. The molecule has 1 aliphatic heterocycles. The first-order valence-corrected chi connectivity index (χ1v) is 9.13. The van der Waals surface area contributed by atoms with Gasteiger partial charge in [-0.15, -0.1) is 0 Å². The second-order valence-electron chi connectivity index (χ2n) is 5.75. The number of carbonyl (C=O) groups is 1. The summed E-state index contributed by atoms with van der Waals surface area (Å²) in [5, 5.41) is 2.58. The molecule has 0 radical (unpaired) electrons. The van der Waals surface area contributed by atoms with E-state index in [2.05, 4.69) is 5.16 Å². The number of benzene rings is 1. The van der Waals surface area contributed by atoms with Crippen molar-refractivity contribution >= 4 is 21.4 Å². The molecule has 23 heavy (non-hydrogen) atoms. The maximum Gasteiger partial charge on any atom is 0.245 e. The summed E-state index contributed by atoms with van der Waals surface area (Å²) in [5.74, 6) is -0.148. The van der Waals surface area contributed by atoms with E-state index in [1.165, 1.54) is 6.92 Å². The number of anilines is 1. The molecule has 3 rings (SSSR count). The molecule has 6 nitrogen and oxygen atoms in total. The number of nitrogens with zero attached hydrogens (tertiary/aromatic N) is 2. The first-order chi connectivity index (χ1) is 10.9. The van der Waals surface area contributed by atoms with E-state index in [9.17, 15) is 13.2 Å². The minimum Gasteiger partial charge on any atom is -0.361 e. The minimum atomic E-state index is -3.65. The van der Waals surface area contributed by atoms with Gasteiger partial charge in [0.2, 0.25) is 5.91 Å². The Labute approximate surface area is 135 Å². The SMILES string of the molecule is Cc1cc(CS(=O)(=O)[C@H](C)C(=O)N2CCc3ccccc32)no1. The Morgan fingerprint density at radius 3 is 2.83 bits per heavy atom. The molecule has 122 valence electrons. The van der Waals surface area contributed by atoms with Crippen molar-refractivity contribution in [2.45, 2.75) is 31.3 Å². The van der Waals surface area contributed by atoms with Crippen molar-refractivity contribution in [3.8, 4) is 0 Å². The van der Waals surface area contributed by atoms with E-state index < -0.39 is 21.0 Å². The van der Waals surface area contributed by atoms with Crippen molar-refractivity contribution in [1.82, 2.24) is 5.16 Å². The Morgan fingerprint density at radius 2 is 2.13 bits per heavy atom. The number of aryl methyl sites for hydroxylation is 1. The minimum absolute atomic E-state index is 0.299. The fourth-order valence-corrected chi connectivity index (χ4v) is 3.99. The van der Waals surface area contributed by atoms with Crippen LogP contribution in [-0.4, -0.2) is 31.3 Å². The summed E-state index contributed by atoms with van der Waals surface area (Å²) in [4.78, 5) is 14.2. The Hall–Kier alpha value is -2.15. The predicted octanol–water partition coefficient (Wildman–Crippen LogP) is 1.88. The number of rotatable bonds is 4. The number of para-hydroxylation sites is 1. The summed E-state index contributed by atoms with van der Waals surface area (Å²) in [6, 6.07) is 9.14. The third kappa shape index (κ3) is 3.01. The maximum absolute atomic E-state index is 12.7. The van der Waals surface area contributed by atoms with Crippen LogP contribution in [0.2, 0.25) is 0 Å². The summed E-state index contributed by atoms with van der Waals surface area (Å²) in [6.45, 7) is 3.64. The van der Waals surface area contributed by atoms with Crippen molar-refractivity contribution in [3.05, 3.63) is 47.3 Å². The summed E-state index contributed by atoms with van der Waals surface area (Å²) in [7, 11) is -3.65. The zero-order chi connectivity index (χ0) is 16.6. The van der Waals surface area contributed by atoms with Crippen LogP contribution in [-0.2, 0) is 26.8 Å². The molecule has 0 saturated heterocycles. The average Bonchev–Trinajstić information content (AvgIpc) is 3.11. The molecule has 1 amide bonds. The number of carbonyl (C=O) groups excluding carboxylic acids is 1. The van der Waals surface area contributed by atoms with Crippen LogP contribution >= 0.6 is 0 Å². The third-order valence-electron chi connectivity index (χ3n) is 4.07. The molecule has 1 aromatic carbocycles. The molecule has 0 spiro atoms. The summed E-state index contributed by atoms with van der Waals surface area (Å²) in [6.07, 6.45) is 0.747. The molecule has 0 bridgehead atoms. The number of amides is 1. The van der Waals surface area contributed by atoms with Gasteiger partial charge in [-0.3, -0.25) is 4.79 Å². The highest BCUT2D eigenvalue weighted by atomic mass is 32.2. The molecule has 1 aliphatic rings. The van der Waals surface area contributed by atoms with Gasteiger partial charge in [0, 0.05) is 18.3 Å². The molecule has 1 atom stereocenters. The maximum atomic E-state index is 12.7. The molecule has 2 heterocycles. The van der Waals surface area contributed by atoms with Gasteiger partial charge in [-0.2, -0.15) is 0 Å². The van der Waals surface area contributed by atoms with Crippen LogP contribution in [0.4, 0.5) is 5.69 Å². The lowest BCUT2D eigenvalue weighted by molar-refractivity contribution is -0.117. The summed E-state index contributed by atoms with van der Waals surface area (Å²) < 4.78 is 29.9. The highest BCUT2D eigenvalue weighted by molar-refractivity contribution is 7.92. The third-order valence-corrected chi connectivity index (χ3v) is 6.04. The van der Waals surface area contributed by atoms with Crippen LogP contribution in [0.25, 0.3) is 0 Å². The van der Waals surface area contributed by atoms with E-state index in [4.69, 9.17) is 4.52 Å². The molecule has 2 aromatic rings. The lowest BCUT2D eigenvalue weighted by Crippen LogP contribution is -2.41. The van der Waals surface area contributed by atoms with E-state index in [-0.39, 0.29) is 5.75 Å². The average molecular weight is 334 g/mol. The van der Waals surface area contributed by atoms with Crippen LogP contribution in [0.1, 0.15) is 23.9 Å². The smallest absolute Gasteiger partial charge is 0.245 e. The van der Waals surface area contributed by atoms with Crippen LogP contribution in [0.3, 0.4) is 0 Å². The molecule has 7 heteroatoms. The van der Waals surface area contributed by atoms with E-state index in [0.29, 0.717) is 18.0 Å². The fraction of sp³-hybridized carbons (Fsp3) is 0.375. The highest BCUT2D eigenvalue weighted by Crippen LogP contribution is 2.29. The topological polar surface area (TPSA) is 80.5 Å². The van der Waals surface area contributed by atoms with E-state index >= 15 is 0 Å². The van der Waals surface area contributed by atoms with Crippen LogP contribution in [0.5, 0.6) is 0 Å². The van der Waals surface area contributed by atoms with Crippen molar-refractivity contribution in [3.63, 3.8) is 0 Å². The Kier molecular flexibility index (Phi) is 3.97. The van der Waals surface area contributed by atoms with Crippen molar-refractivity contribution in [2.75, 3.05) is 11.4 Å². The van der Waals surface area contributed by atoms with Gasteiger partial charge in [-0.25, -0.2) is 8.42 Å². The second kappa shape index (κ2) is 5.81. The fourth-order valence-electron chi connectivity index (χ4n) is 2.76. The normalized spacial score (nSPS) is 15.5. The van der Waals surface area contributed by atoms with Gasteiger partial charge in [0.15, 0.2) is 9.84 Å². The van der Waals surface area contributed by atoms with Gasteiger partial charge in [0.1, 0.15) is 11.0 Å². The Balaban J connectivity index is 1.80. The van der Waals surface area contributed by atoms with Gasteiger partial charge in [0.25, 0.3) is 0 Å². The Bertz CT molecular complexity index is 841. The molecule has 0 fully saturated rings.